The Hall–Kier alpha value is -0.770. The second-order valence-corrected chi connectivity index (χ2v) is 5.50. The Kier molecular flexibility index (Phi) is 4.59. The zero-order valence-electron chi connectivity index (χ0n) is 10.7. The van der Waals surface area contributed by atoms with Crippen molar-refractivity contribution in [2.45, 2.75) is 52.5 Å². The normalized spacial score (nSPS) is 25.1. The molecule has 0 aromatic carbocycles. The van der Waals surface area contributed by atoms with Gasteiger partial charge in [0.05, 0.1) is 6.04 Å². The van der Waals surface area contributed by atoms with Gasteiger partial charge in [0.25, 0.3) is 0 Å². The topological polar surface area (TPSA) is 61.9 Å². The van der Waals surface area contributed by atoms with E-state index in [1.54, 1.807) is 0 Å². The van der Waals surface area contributed by atoms with E-state index in [1.165, 1.54) is 19.3 Å². The second kappa shape index (κ2) is 5.53. The smallest absolute Gasteiger partial charge is 0.156 e. The van der Waals surface area contributed by atoms with Crippen LogP contribution in [0.1, 0.15) is 46.5 Å². The summed E-state index contributed by atoms with van der Waals surface area (Å²) in [7, 11) is 0. The highest BCUT2D eigenvalue weighted by Crippen LogP contribution is 2.30. The fourth-order valence-electron chi connectivity index (χ4n) is 2.48. The fourth-order valence-corrected chi connectivity index (χ4v) is 2.48. The fraction of sp³-hybridized carbons (Fsp3) is 0.917. The number of amidine groups is 1. The summed E-state index contributed by atoms with van der Waals surface area (Å²) in [6.07, 6.45) is 4.54. The summed E-state index contributed by atoms with van der Waals surface area (Å²) in [6, 6.07) is 0.0962. The zero-order valence-corrected chi connectivity index (χ0v) is 10.7. The minimum absolute atomic E-state index is 0.0962. The number of hydrogen-bond donors (Lipinski definition) is 2. The lowest BCUT2D eigenvalue weighted by molar-refractivity contribution is 0.224. The third-order valence-corrected chi connectivity index (χ3v) is 3.66. The maximum atomic E-state index is 8.78. The third-order valence-electron chi connectivity index (χ3n) is 3.66. The molecule has 4 nitrogen and oxygen atoms in total. The van der Waals surface area contributed by atoms with Gasteiger partial charge in [-0.25, -0.2) is 0 Å². The maximum Gasteiger partial charge on any atom is 0.156 e. The lowest BCUT2D eigenvalue weighted by Crippen LogP contribution is -2.45. The van der Waals surface area contributed by atoms with E-state index in [0.717, 1.165) is 19.5 Å². The molecule has 0 spiro atoms. The molecule has 1 fully saturated rings. The van der Waals surface area contributed by atoms with Gasteiger partial charge in [0, 0.05) is 0 Å². The molecule has 94 valence electrons. The van der Waals surface area contributed by atoms with Crippen LogP contribution in [-0.2, 0) is 0 Å². The monoisotopic (exact) mass is 227 g/mol. The van der Waals surface area contributed by atoms with Crippen molar-refractivity contribution in [1.29, 1.82) is 0 Å². The van der Waals surface area contributed by atoms with Crippen molar-refractivity contribution >= 4 is 5.84 Å². The number of oxime groups is 1. The summed E-state index contributed by atoms with van der Waals surface area (Å²) >= 11 is 0. The number of rotatable bonds is 3. The predicted octanol–water partition coefficient (Wildman–Crippen LogP) is 2.02. The van der Waals surface area contributed by atoms with E-state index in [9.17, 15) is 0 Å². The van der Waals surface area contributed by atoms with Crippen molar-refractivity contribution in [2.24, 2.45) is 16.3 Å². The highest BCUT2D eigenvalue weighted by molar-refractivity contribution is 5.85. The van der Waals surface area contributed by atoms with Crippen LogP contribution in [0.15, 0.2) is 5.16 Å². The van der Waals surface area contributed by atoms with Gasteiger partial charge in [-0.05, 0) is 44.2 Å². The second-order valence-electron chi connectivity index (χ2n) is 5.50. The molecule has 1 aliphatic rings. The van der Waals surface area contributed by atoms with E-state index >= 15 is 0 Å². The molecule has 0 radical (unpaired) electrons. The number of nitrogens with zero attached hydrogens (tertiary/aromatic N) is 2. The summed E-state index contributed by atoms with van der Waals surface area (Å²) in [5.74, 6) is 0.349. The first kappa shape index (κ1) is 13.3. The standard InChI is InChI=1S/C12H25N3O/c1-4-10(11(13)14-16)15-8-5-6-12(2,3)7-9-15/h10,16H,4-9H2,1-3H3,(H2,13,14). The molecule has 0 bridgehead atoms. The maximum absolute atomic E-state index is 8.78. The minimum atomic E-state index is 0.0962. The van der Waals surface area contributed by atoms with Crippen molar-refractivity contribution in [3.8, 4) is 0 Å². The van der Waals surface area contributed by atoms with Gasteiger partial charge >= 0.3 is 0 Å². The Morgan fingerprint density at radius 3 is 2.69 bits per heavy atom. The van der Waals surface area contributed by atoms with E-state index in [2.05, 4.69) is 30.8 Å². The van der Waals surface area contributed by atoms with Gasteiger partial charge < -0.3 is 10.9 Å². The Balaban J connectivity index is 2.65. The molecule has 1 unspecified atom stereocenters. The summed E-state index contributed by atoms with van der Waals surface area (Å²) in [6.45, 7) is 8.82. The molecule has 1 aliphatic heterocycles. The lowest BCUT2D eigenvalue weighted by atomic mass is 9.85. The molecule has 0 aromatic heterocycles. The van der Waals surface area contributed by atoms with Crippen LogP contribution >= 0.6 is 0 Å². The van der Waals surface area contributed by atoms with Crippen molar-refractivity contribution in [3.63, 3.8) is 0 Å². The highest BCUT2D eigenvalue weighted by Gasteiger charge is 2.27. The predicted molar refractivity (Wildman–Crippen MR) is 66.7 cm³/mol. The average molecular weight is 227 g/mol. The van der Waals surface area contributed by atoms with E-state index < -0.39 is 0 Å². The van der Waals surface area contributed by atoms with Crippen LogP contribution in [-0.4, -0.2) is 35.1 Å². The molecule has 0 aliphatic carbocycles. The van der Waals surface area contributed by atoms with Gasteiger partial charge in [0.2, 0.25) is 0 Å². The molecule has 1 saturated heterocycles. The molecule has 16 heavy (non-hydrogen) atoms. The quantitative estimate of drug-likeness (QED) is 0.335. The van der Waals surface area contributed by atoms with Crippen molar-refractivity contribution < 1.29 is 5.21 Å². The van der Waals surface area contributed by atoms with Gasteiger partial charge in [-0.3, -0.25) is 4.90 Å². The first-order valence-corrected chi connectivity index (χ1v) is 6.21. The largest absolute Gasteiger partial charge is 0.409 e. The Morgan fingerprint density at radius 2 is 2.12 bits per heavy atom. The number of hydrogen-bond acceptors (Lipinski definition) is 3. The van der Waals surface area contributed by atoms with E-state index in [4.69, 9.17) is 10.9 Å². The summed E-state index contributed by atoms with van der Waals surface area (Å²) in [4.78, 5) is 2.35. The van der Waals surface area contributed by atoms with E-state index in [-0.39, 0.29) is 6.04 Å². The molecule has 0 aromatic rings. The Labute approximate surface area is 98.5 Å². The molecule has 4 heteroatoms. The van der Waals surface area contributed by atoms with Gasteiger partial charge in [0.15, 0.2) is 5.84 Å². The van der Waals surface area contributed by atoms with Crippen LogP contribution in [0.3, 0.4) is 0 Å². The number of nitrogens with two attached hydrogens (primary N) is 1. The van der Waals surface area contributed by atoms with Crippen LogP contribution in [0.2, 0.25) is 0 Å². The lowest BCUT2D eigenvalue weighted by Gasteiger charge is -2.29. The van der Waals surface area contributed by atoms with Gasteiger partial charge in [-0.1, -0.05) is 25.9 Å². The van der Waals surface area contributed by atoms with Gasteiger partial charge in [-0.2, -0.15) is 0 Å². The summed E-state index contributed by atoms with van der Waals surface area (Å²) < 4.78 is 0. The molecule has 1 atom stereocenters. The summed E-state index contributed by atoms with van der Waals surface area (Å²) in [5.41, 5.74) is 6.16. The minimum Gasteiger partial charge on any atom is -0.409 e. The van der Waals surface area contributed by atoms with Crippen LogP contribution in [0, 0.1) is 5.41 Å². The van der Waals surface area contributed by atoms with Gasteiger partial charge in [-0.15, -0.1) is 0 Å². The Morgan fingerprint density at radius 1 is 1.44 bits per heavy atom. The molecule has 0 amide bonds. The molecular weight excluding hydrogens is 202 g/mol. The molecule has 3 N–H and O–H groups in total. The van der Waals surface area contributed by atoms with Crippen LogP contribution in [0.4, 0.5) is 0 Å². The van der Waals surface area contributed by atoms with Crippen molar-refractivity contribution in [3.05, 3.63) is 0 Å². The van der Waals surface area contributed by atoms with Crippen LogP contribution in [0.25, 0.3) is 0 Å². The van der Waals surface area contributed by atoms with Crippen molar-refractivity contribution in [2.75, 3.05) is 13.1 Å². The van der Waals surface area contributed by atoms with Crippen LogP contribution < -0.4 is 5.73 Å². The Bertz CT molecular complexity index is 251. The number of likely N-dealkylation sites (tertiary alicyclic amines) is 1. The highest BCUT2D eigenvalue weighted by atomic mass is 16.4. The third kappa shape index (κ3) is 3.37. The molecule has 1 rings (SSSR count). The first-order valence-electron chi connectivity index (χ1n) is 6.21. The van der Waals surface area contributed by atoms with Gasteiger partial charge in [0.1, 0.15) is 0 Å². The molecule has 0 saturated carbocycles. The first-order chi connectivity index (χ1) is 7.50. The van der Waals surface area contributed by atoms with E-state index in [1.807, 2.05) is 0 Å². The summed E-state index contributed by atoms with van der Waals surface area (Å²) in [5, 5.41) is 11.9. The zero-order chi connectivity index (χ0) is 12.2. The molecule has 1 heterocycles. The SMILES string of the molecule is CCC(C(N)=NO)N1CCCC(C)(C)CC1. The van der Waals surface area contributed by atoms with Crippen molar-refractivity contribution in [1.82, 2.24) is 4.90 Å². The molecular formula is C12H25N3O. The van der Waals surface area contributed by atoms with Crippen LogP contribution in [0.5, 0.6) is 0 Å². The van der Waals surface area contributed by atoms with E-state index in [0.29, 0.717) is 11.3 Å². The average Bonchev–Trinajstić information content (AvgIpc) is 2.41.